The van der Waals surface area contributed by atoms with Crippen molar-refractivity contribution in [2.45, 2.75) is 31.7 Å². The molecule has 158 valence electrons. The van der Waals surface area contributed by atoms with E-state index in [4.69, 9.17) is 27.9 Å². The van der Waals surface area contributed by atoms with Gasteiger partial charge in [0, 0.05) is 32.0 Å². The zero-order valence-electron chi connectivity index (χ0n) is 16.4. The molecule has 0 unspecified atom stereocenters. The highest BCUT2D eigenvalue weighted by molar-refractivity contribution is 6.42. The second-order valence-corrected chi connectivity index (χ2v) is 8.13. The number of nitrogens with zero attached hydrogens (tertiary/aromatic N) is 2. The van der Waals surface area contributed by atoms with Crippen LogP contribution in [0.25, 0.3) is 11.0 Å². The molecule has 0 saturated carbocycles. The molecule has 0 bridgehead atoms. The predicted octanol–water partition coefficient (Wildman–Crippen LogP) is 4.22. The van der Waals surface area contributed by atoms with Gasteiger partial charge in [-0.05, 0) is 43.4 Å². The van der Waals surface area contributed by atoms with Crippen molar-refractivity contribution in [2.75, 3.05) is 25.1 Å². The van der Waals surface area contributed by atoms with Gasteiger partial charge in [0.15, 0.2) is 5.65 Å². The van der Waals surface area contributed by atoms with E-state index in [2.05, 4.69) is 25.8 Å². The van der Waals surface area contributed by atoms with Crippen molar-refractivity contribution in [3.63, 3.8) is 0 Å². The molecule has 1 aliphatic heterocycles. The van der Waals surface area contributed by atoms with Crippen LogP contribution >= 0.6 is 23.2 Å². The first kappa shape index (κ1) is 20.9. The Morgan fingerprint density at radius 2 is 2.03 bits per heavy atom. The Bertz CT molecular complexity index is 1030. The Morgan fingerprint density at radius 3 is 2.83 bits per heavy atom. The number of ether oxygens (including phenoxy) is 1. The molecule has 3 aromatic rings. The first-order chi connectivity index (χ1) is 14.6. The van der Waals surface area contributed by atoms with Crippen molar-refractivity contribution < 1.29 is 9.53 Å². The summed E-state index contributed by atoms with van der Waals surface area (Å²) in [5.74, 6) is -0.158. The van der Waals surface area contributed by atoms with E-state index in [1.165, 1.54) is 0 Å². The number of H-pyrrole nitrogens is 1. The van der Waals surface area contributed by atoms with E-state index in [0.717, 1.165) is 42.3 Å². The van der Waals surface area contributed by atoms with Crippen molar-refractivity contribution >= 4 is 45.8 Å². The number of anilines is 1. The summed E-state index contributed by atoms with van der Waals surface area (Å²) >= 11 is 12.0. The molecular weight excluding hydrogens is 425 g/mol. The number of aryl methyl sites for hydroxylation is 1. The first-order valence-electron chi connectivity index (χ1n) is 10.0. The third-order valence-corrected chi connectivity index (χ3v) is 5.95. The number of aromatic amines is 1. The average molecular weight is 448 g/mol. The summed E-state index contributed by atoms with van der Waals surface area (Å²) in [4.78, 5) is 17.2. The van der Waals surface area contributed by atoms with Gasteiger partial charge < -0.3 is 15.4 Å². The largest absolute Gasteiger partial charge is 0.381 e. The molecular formula is C21H23Cl2N5O2. The van der Waals surface area contributed by atoms with E-state index in [0.29, 0.717) is 41.0 Å². The van der Waals surface area contributed by atoms with Crippen LogP contribution in [0.15, 0.2) is 30.6 Å². The lowest BCUT2D eigenvalue weighted by molar-refractivity contribution is 0.0904. The number of nitrogens with one attached hydrogen (secondary N) is 3. The molecule has 2 aromatic heterocycles. The zero-order valence-corrected chi connectivity index (χ0v) is 17.9. The fourth-order valence-electron chi connectivity index (χ4n) is 3.56. The van der Waals surface area contributed by atoms with Crippen LogP contribution in [0.3, 0.4) is 0 Å². The fourth-order valence-corrected chi connectivity index (χ4v) is 3.88. The summed E-state index contributed by atoms with van der Waals surface area (Å²) in [5.41, 5.74) is 3.02. The Balaban J connectivity index is 1.41. The summed E-state index contributed by atoms with van der Waals surface area (Å²) in [6.45, 7) is 1.97. The molecule has 1 aromatic carbocycles. The summed E-state index contributed by atoms with van der Waals surface area (Å²) in [6, 6.07) is 5.85. The lowest BCUT2D eigenvalue weighted by Gasteiger charge is -2.25. The molecule has 1 saturated heterocycles. The Morgan fingerprint density at radius 1 is 1.20 bits per heavy atom. The lowest BCUT2D eigenvalue weighted by atomic mass is 10.1. The van der Waals surface area contributed by atoms with Crippen molar-refractivity contribution in [1.29, 1.82) is 0 Å². The minimum atomic E-state index is -0.158. The molecule has 0 radical (unpaired) electrons. The van der Waals surface area contributed by atoms with Gasteiger partial charge in [0.1, 0.15) is 0 Å². The number of fused-ring (bicyclic) bond motifs is 1. The molecule has 3 heterocycles. The highest BCUT2D eigenvalue weighted by Crippen LogP contribution is 2.27. The number of rotatable bonds is 7. The number of carbonyl (C=O) groups excluding carboxylic acids is 1. The molecule has 1 fully saturated rings. The van der Waals surface area contributed by atoms with Crippen LogP contribution in [-0.2, 0) is 11.2 Å². The maximum atomic E-state index is 12.9. The Labute approximate surface area is 184 Å². The number of halogens is 2. The highest BCUT2D eigenvalue weighted by atomic mass is 35.5. The Hall–Kier alpha value is -2.35. The molecule has 7 nitrogen and oxygen atoms in total. The summed E-state index contributed by atoms with van der Waals surface area (Å²) < 4.78 is 5.44. The van der Waals surface area contributed by atoms with E-state index >= 15 is 0 Å². The monoisotopic (exact) mass is 447 g/mol. The van der Waals surface area contributed by atoms with Gasteiger partial charge in [0.25, 0.3) is 5.91 Å². The quantitative estimate of drug-likeness (QED) is 0.471. The minimum Gasteiger partial charge on any atom is -0.381 e. The second-order valence-electron chi connectivity index (χ2n) is 7.32. The highest BCUT2D eigenvalue weighted by Gasteiger charge is 2.21. The number of benzene rings is 1. The van der Waals surface area contributed by atoms with E-state index in [1.807, 2.05) is 12.1 Å². The van der Waals surface area contributed by atoms with E-state index < -0.39 is 0 Å². The van der Waals surface area contributed by atoms with Crippen LogP contribution < -0.4 is 10.6 Å². The van der Waals surface area contributed by atoms with Crippen molar-refractivity contribution in [1.82, 2.24) is 20.5 Å². The molecule has 30 heavy (non-hydrogen) atoms. The first-order valence-corrected chi connectivity index (χ1v) is 10.8. The fraction of sp³-hybridized carbons (Fsp3) is 0.381. The van der Waals surface area contributed by atoms with Crippen molar-refractivity contribution in [3.05, 3.63) is 51.8 Å². The number of hydrogen-bond acceptors (Lipinski definition) is 5. The maximum absolute atomic E-state index is 12.9. The molecule has 1 aliphatic rings. The number of hydrogen-bond donors (Lipinski definition) is 3. The van der Waals surface area contributed by atoms with Crippen LogP contribution in [0.5, 0.6) is 0 Å². The minimum absolute atomic E-state index is 0.158. The summed E-state index contributed by atoms with van der Waals surface area (Å²) in [5, 5.41) is 15.3. The molecule has 0 atom stereocenters. The molecule has 1 amide bonds. The van der Waals surface area contributed by atoms with E-state index in [-0.39, 0.29) is 11.9 Å². The van der Waals surface area contributed by atoms with Gasteiger partial charge in [-0.1, -0.05) is 29.3 Å². The topological polar surface area (TPSA) is 91.9 Å². The van der Waals surface area contributed by atoms with Crippen LogP contribution in [-0.4, -0.2) is 46.9 Å². The van der Waals surface area contributed by atoms with Crippen LogP contribution in [0.2, 0.25) is 10.0 Å². The number of amides is 1. The predicted molar refractivity (Wildman–Crippen MR) is 118 cm³/mol. The number of carbonyl (C=O) groups is 1. The van der Waals surface area contributed by atoms with E-state index in [1.54, 1.807) is 18.5 Å². The molecule has 0 aliphatic carbocycles. The number of aromatic nitrogens is 3. The van der Waals surface area contributed by atoms with Crippen molar-refractivity contribution in [2.24, 2.45) is 0 Å². The van der Waals surface area contributed by atoms with Crippen LogP contribution in [0.1, 0.15) is 35.2 Å². The zero-order chi connectivity index (χ0) is 20.9. The van der Waals surface area contributed by atoms with Gasteiger partial charge >= 0.3 is 0 Å². The van der Waals surface area contributed by atoms with Gasteiger partial charge in [-0.3, -0.25) is 9.89 Å². The van der Waals surface area contributed by atoms with Crippen molar-refractivity contribution in [3.8, 4) is 0 Å². The lowest BCUT2D eigenvalue weighted by Crippen LogP contribution is -2.30. The van der Waals surface area contributed by atoms with Gasteiger partial charge in [-0.25, -0.2) is 4.98 Å². The second kappa shape index (κ2) is 9.64. The normalized spacial score (nSPS) is 14.7. The van der Waals surface area contributed by atoms with Gasteiger partial charge in [-0.2, -0.15) is 5.10 Å². The molecule has 0 spiro atoms. The smallest absolute Gasteiger partial charge is 0.254 e. The summed E-state index contributed by atoms with van der Waals surface area (Å²) in [6.07, 6.45) is 6.66. The standard InChI is InChI=1S/C21H23Cl2N5O2/c22-17-4-3-13(10-18(17)23)2-1-7-24-21(29)16-11-25-20-15(12-26-28-20)19(16)27-14-5-8-30-9-6-14/h3-4,10-12,14H,1-2,5-9H2,(H,24,29)(H2,25,26,27,28). The molecule has 9 heteroatoms. The van der Waals surface area contributed by atoms with Gasteiger partial charge in [0.2, 0.25) is 0 Å². The summed E-state index contributed by atoms with van der Waals surface area (Å²) in [7, 11) is 0. The van der Waals surface area contributed by atoms with Crippen LogP contribution in [0, 0.1) is 0 Å². The average Bonchev–Trinajstić information content (AvgIpc) is 3.24. The third kappa shape index (κ3) is 4.86. The third-order valence-electron chi connectivity index (χ3n) is 5.21. The van der Waals surface area contributed by atoms with Gasteiger partial charge in [-0.15, -0.1) is 0 Å². The van der Waals surface area contributed by atoms with Crippen LogP contribution in [0.4, 0.5) is 5.69 Å². The Kier molecular flexibility index (Phi) is 6.72. The van der Waals surface area contributed by atoms with E-state index in [9.17, 15) is 4.79 Å². The molecule has 4 rings (SSSR count). The molecule has 3 N–H and O–H groups in total. The number of pyridine rings is 1. The SMILES string of the molecule is O=C(NCCCc1ccc(Cl)c(Cl)c1)c1cnc2[nH]ncc2c1NC1CCOCC1. The van der Waals surface area contributed by atoms with Gasteiger partial charge in [0.05, 0.1) is 32.9 Å². The maximum Gasteiger partial charge on any atom is 0.254 e.